The van der Waals surface area contributed by atoms with Crippen molar-refractivity contribution in [3.63, 3.8) is 0 Å². The number of aromatic nitrogens is 2. The highest BCUT2D eigenvalue weighted by Crippen LogP contribution is 2.24. The second-order valence-corrected chi connectivity index (χ2v) is 5.59. The zero-order chi connectivity index (χ0) is 16.0. The van der Waals surface area contributed by atoms with Crippen molar-refractivity contribution in [2.45, 2.75) is 13.8 Å². The molecule has 0 aliphatic rings. The van der Waals surface area contributed by atoms with E-state index in [9.17, 15) is 5.21 Å². The number of rotatable bonds is 1. The van der Waals surface area contributed by atoms with Crippen molar-refractivity contribution in [3.8, 4) is 11.5 Å². The smallest absolute Gasteiger partial charge is 0.155 e. The lowest BCUT2D eigenvalue weighted by Crippen LogP contribution is -2.03. The zero-order valence-corrected chi connectivity index (χ0v) is 12.8. The van der Waals surface area contributed by atoms with E-state index in [4.69, 9.17) is 4.42 Å². The van der Waals surface area contributed by atoms with Crippen molar-refractivity contribution in [2.24, 2.45) is 5.16 Å². The molecule has 0 aliphatic carbocycles. The van der Waals surface area contributed by atoms with Crippen LogP contribution in [0.2, 0.25) is 0 Å². The van der Waals surface area contributed by atoms with Gasteiger partial charge < -0.3 is 14.0 Å². The summed E-state index contributed by atoms with van der Waals surface area (Å²) >= 11 is 0. The van der Waals surface area contributed by atoms with Crippen LogP contribution in [0.25, 0.3) is 27.9 Å². The van der Waals surface area contributed by atoms with Gasteiger partial charge in [0, 0.05) is 17.1 Å². The first-order valence-corrected chi connectivity index (χ1v) is 7.33. The molecule has 0 radical (unpaired) electrons. The van der Waals surface area contributed by atoms with E-state index in [-0.39, 0.29) is 0 Å². The molecule has 0 fully saturated rings. The fourth-order valence-electron chi connectivity index (χ4n) is 2.92. The van der Waals surface area contributed by atoms with Crippen molar-refractivity contribution in [2.75, 3.05) is 0 Å². The molecule has 1 aromatic carbocycles. The van der Waals surface area contributed by atoms with Crippen molar-refractivity contribution >= 4 is 16.5 Å². The Morgan fingerprint density at radius 1 is 1.13 bits per heavy atom. The topological polar surface area (TPSA) is 63.0 Å². The summed E-state index contributed by atoms with van der Waals surface area (Å²) in [6.07, 6.45) is 1.79. The van der Waals surface area contributed by atoms with Crippen molar-refractivity contribution in [1.82, 2.24) is 9.38 Å². The Kier molecular flexibility index (Phi) is 2.94. The maximum atomic E-state index is 9.28. The number of para-hydroxylation sites is 1. The minimum Gasteiger partial charge on any atom is -0.454 e. The van der Waals surface area contributed by atoms with Gasteiger partial charge in [0.25, 0.3) is 0 Å². The van der Waals surface area contributed by atoms with Gasteiger partial charge in [0.2, 0.25) is 0 Å². The molecule has 0 spiro atoms. The van der Waals surface area contributed by atoms with E-state index < -0.39 is 0 Å². The standard InChI is InChI=1S/C18H15N3O2/c1-11-7-12(2)21-10-19-15(8-16(11)21)18-9-14(20-22)13-5-3-4-6-17(13)23-18/h3-10,22H,1-2H3/b20-14-. The highest BCUT2D eigenvalue weighted by molar-refractivity contribution is 5.78. The molecule has 3 aromatic heterocycles. The maximum absolute atomic E-state index is 9.28. The Morgan fingerprint density at radius 2 is 1.96 bits per heavy atom. The Hall–Kier alpha value is -3.08. The van der Waals surface area contributed by atoms with Crippen LogP contribution in [0.5, 0.6) is 0 Å². The lowest BCUT2D eigenvalue weighted by Gasteiger charge is -2.05. The molecule has 0 atom stereocenters. The minimum absolute atomic E-state index is 0.465. The Labute approximate surface area is 132 Å². The van der Waals surface area contributed by atoms with Crippen LogP contribution in [-0.4, -0.2) is 14.6 Å². The van der Waals surface area contributed by atoms with Crippen LogP contribution in [-0.2, 0) is 0 Å². The molecule has 5 heteroatoms. The second-order valence-electron chi connectivity index (χ2n) is 5.59. The fourth-order valence-corrected chi connectivity index (χ4v) is 2.92. The molecule has 0 amide bonds. The molecule has 114 valence electrons. The Morgan fingerprint density at radius 3 is 2.78 bits per heavy atom. The molecule has 1 N–H and O–H groups in total. The van der Waals surface area contributed by atoms with Gasteiger partial charge in [0.15, 0.2) is 5.76 Å². The summed E-state index contributed by atoms with van der Waals surface area (Å²) in [5, 5.41) is 13.9. The van der Waals surface area contributed by atoms with Crippen LogP contribution >= 0.6 is 0 Å². The van der Waals surface area contributed by atoms with Crippen LogP contribution in [0.3, 0.4) is 0 Å². The van der Waals surface area contributed by atoms with Gasteiger partial charge in [-0.15, -0.1) is 0 Å². The monoisotopic (exact) mass is 305 g/mol. The van der Waals surface area contributed by atoms with E-state index in [1.165, 1.54) is 5.56 Å². The van der Waals surface area contributed by atoms with E-state index in [2.05, 4.69) is 23.1 Å². The number of fused-ring (bicyclic) bond motifs is 2. The quantitative estimate of drug-likeness (QED) is 0.431. The number of nitrogens with zero attached hydrogens (tertiary/aromatic N) is 3. The SMILES string of the molecule is Cc1cc(C)n2cnc(-c3c/c(=N/O)c4ccccc4o3)cc12. The van der Waals surface area contributed by atoms with E-state index in [1.54, 1.807) is 12.4 Å². The van der Waals surface area contributed by atoms with E-state index >= 15 is 0 Å². The first-order valence-electron chi connectivity index (χ1n) is 7.33. The van der Waals surface area contributed by atoms with Gasteiger partial charge >= 0.3 is 0 Å². The molecular weight excluding hydrogens is 290 g/mol. The summed E-state index contributed by atoms with van der Waals surface area (Å²) in [5.41, 5.74) is 4.76. The minimum atomic E-state index is 0.465. The van der Waals surface area contributed by atoms with Crippen molar-refractivity contribution < 1.29 is 9.62 Å². The zero-order valence-electron chi connectivity index (χ0n) is 12.8. The van der Waals surface area contributed by atoms with Crippen LogP contribution in [0, 0.1) is 13.8 Å². The van der Waals surface area contributed by atoms with Gasteiger partial charge in [0.1, 0.15) is 23.0 Å². The van der Waals surface area contributed by atoms with Gasteiger partial charge in [-0.05, 0) is 43.7 Å². The molecule has 23 heavy (non-hydrogen) atoms. The molecule has 0 unspecified atom stereocenters. The molecule has 5 nitrogen and oxygen atoms in total. The summed E-state index contributed by atoms with van der Waals surface area (Å²) in [7, 11) is 0. The lowest BCUT2D eigenvalue weighted by molar-refractivity contribution is 0.302. The molecule has 4 aromatic rings. The molecule has 0 aliphatic heterocycles. The van der Waals surface area contributed by atoms with E-state index in [0.29, 0.717) is 22.4 Å². The number of aryl methyl sites for hydroxylation is 2. The third-order valence-corrected chi connectivity index (χ3v) is 4.07. The second kappa shape index (κ2) is 4.98. The largest absolute Gasteiger partial charge is 0.454 e. The third kappa shape index (κ3) is 2.09. The number of hydrogen-bond donors (Lipinski definition) is 1. The van der Waals surface area contributed by atoms with Crippen molar-refractivity contribution in [1.29, 1.82) is 0 Å². The normalized spacial score (nSPS) is 12.3. The Balaban J connectivity index is 2.00. The molecule has 0 saturated carbocycles. The predicted octanol–water partition coefficient (Wildman–Crippen LogP) is 3.65. The third-order valence-electron chi connectivity index (χ3n) is 4.07. The van der Waals surface area contributed by atoms with Gasteiger partial charge in [-0.2, -0.15) is 0 Å². The molecule has 0 bridgehead atoms. The van der Waals surface area contributed by atoms with E-state index in [0.717, 1.165) is 16.6 Å². The first kappa shape index (κ1) is 13.6. The number of hydrogen-bond acceptors (Lipinski definition) is 4. The average Bonchev–Trinajstić information content (AvgIpc) is 2.87. The average molecular weight is 305 g/mol. The first-order chi connectivity index (χ1) is 11.2. The highest BCUT2D eigenvalue weighted by atomic mass is 16.4. The van der Waals surface area contributed by atoms with Crippen LogP contribution in [0.1, 0.15) is 11.3 Å². The highest BCUT2D eigenvalue weighted by Gasteiger charge is 2.10. The van der Waals surface area contributed by atoms with Crippen LogP contribution < -0.4 is 5.36 Å². The lowest BCUT2D eigenvalue weighted by atomic mass is 10.2. The summed E-state index contributed by atoms with van der Waals surface area (Å²) in [6, 6.07) is 13.3. The molecule has 3 heterocycles. The fraction of sp³-hybridized carbons (Fsp3) is 0.111. The summed E-state index contributed by atoms with van der Waals surface area (Å²) in [6.45, 7) is 4.11. The van der Waals surface area contributed by atoms with Crippen LogP contribution in [0.4, 0.5) is 0 Å². The summed E-state index contributed by atoms with van der Waals surface area (Å²) < 4.78 is 7.98. The van der Waals surface area contributed by atoms with E-state index in [1.807, 2.05) is 41.7 Å². The summed E-state index contributed by atoms with van der Waals surface area (Å²) in [4.78, 5) is 4.48. The molecule has 4 rings (SSSR count). The van der Waals surface area contributed by atoms with Gasteiger partial charge in [0.05, 0.1) is 5.52 Å². The Bertz CT molecular complexity index is 1110. The van der Waals surface area contributed by atoms with Gasteiger partial charge in [-0.25, -0.2) is 4.98 Å². The van der Waals surface area contributed by atoms with Crippen LogP contribution in [0.15, 0.2) is 58.4 Å². The predicted molar refractivity (Wildman–Crippen MR) is 87.2 cm³/mol. The molecule has 0 saturated heterocycles. The van der Waals surface area contributed by atoms with Gasteiger partial charge in [-0.1, -0.05) is 17.3 Å². The maximum Gasteiger partial charge on any atom is 0.155 e. The molecular formula is C18H15N3O2. The number of benzene rings is 1. The summed E-state index contributed by atoms with van der Waals surface area (Å²) in [5.74, 6) is 0.567. The van der Waals surface area contributed by atoms with Gasteiger partial charge in [-0.3, -0.25) is 0 Å². The van der Waals surface area contributed by atoms with Crippen molar-refractivity contribution in [3.05, 3.63) is 65.4 Å².